The van der Waals surface area contributed by atoms with Crippen LogP contribution in [0.5, 0.6) is 11.5 Å². The number of carbonyl (C=O) groups excluding carboxylic acids is 1. The van der Waals surface area contributed by atoms with Crippen molar-refractivity contribution >= 4 is 11.7 Å². The van der Waals surface area contributed by atoms with E-state index in [9.17, 15) is 9.90 Å². The number of phenolic OH excluding ortho intramolecular Hbond substituents is 1. The topological polar surface area (TPSA) is 120 Å². The van der Waals surface area contributed by atoms with Gasteiger partial charge in [-0.2, -0.15) is 0 Å². The largest absolute Gasteiger partial charge is 0.504 e. The number of guanidine groups is 1. The lowest BCUT2D eigenvalue weighted by Gasteiger charge is -2.52. The molecule has 8 unspecified atom stereocenters. The molecule has 0 aromatic heterocycles. The van der Waals surface area contributed by atoms with Gasteiger partial charge < -0.3 is 26.0 Å². The molecule has 5 aliphatic rings. The van der Waals surface area contributed by atoms with E-state index < -0.39 is 0 Å². The summed E-state index contributed by atoms with van der Waals surface area (Å²) in [5.41, 5.74) is 16.1. The maximum absolute atomic E-state index is 13.0. The number of fused-ring (bicyclic) bond motifs is 4. The number of aromatic hydroxyl groups is 1. The number of phenols is 1. The number of ether oxygens (including phenoxy) is 2. The fraction of sp³-hybridized carbons (Fsp3) is 0.600. The summed E-state index contributed by atoms with van der Waals surface area (Å²) in [6, 6.07) is 1.76. The maximum atomic E-state index is 13.0. The number of hydrogen-bond donors (Lipinski definition) is 3. The van der Waals surface area contributed by atoms with Crippen LogP contribution in [0.3, 0.4) is 0 Å². The van der Waals surface area contributed by atoms with Crippen molar-refractivity contribution in [2.24, 2.45) is 46.0 Å². The van der Waals surface area contributed by atoms with Crippen LogP contribution < -0.4 is 16.2 Å². The van der Waals surface area contributed by atoms with Crippen molar-refractivity contribution in [1.82, 2.24) is 0 Å². The molecule has 1 aromatic carbocycles. The Kier molecular flexibility index (Phi) is 10.5. The molecule has 252 valence electrons. The SMILES string of the molecule is CCCC=CC(=O)CCc1cc(OC2CCCC2)c(O)c2c1C#CCC(N=C(N)N)C1C=CC(OC)C3C1C=C1CCC(C)CC1C23. The number of allylic oxidation sites excluding steroid dienone is 4. The highest BCUT2D eigenvalue weighted by molar-refractivity contribution is 5.89. The van der Waals surface area contributed by atoms with Crippen molar-refractivity contribution in [3.63, 3.8) is 0 Å². The van der Waals surface area contributed by atoms with E-state index in [1.807, 2.05) is 12.1 Å². The van der Waals surface area contributed by atoms with Gasteiger partial charge in [-0.15, -0.1) is 0 Å². The van der Waals surface area contributed by atoms with Crippen LogP contribution in [0.25, 0.3) is 0 Å². The average molecular weight is 640 g/mol. The number of aliphatic imine (C=N–C) groups is 1. The second-order valence-corrected chi connectivity index (χ2v) is 14.6. The Morgan fingerprint density at radius 1 is 1.17 bits per heavy atom. The Morgan fingerprint density at radius 2 is 1.98 bits per heavy atom. The summed E-state index contributed by atoms with van der Waals surface area (Å²) < 4.78 is 12.9. The summed E-state index contributed by atoms with van der Waals surface area (Å²) in [6.07, 6.45) is 21.3. The van der Waals surface area contributed by atoms with Crippen molar-refractivity contribution in [3.05, 3.63) is 58.7 Å². The van der Waals surface area contributed by atoms with E-state index in [0.717, 1.165) is 74.5 Å². The molecule has 0 radical (unpaired) electrons. The quantitative estimate of drug-likeness (QED) is 0.0846. The monoisotopic (exact) mass is 639 g/mol. The minimum absolute atomic E-state index is 0.0449. The highest BCUT2D eigenvalue weighted by Crippen LogP contribution is 2.59. The molecular weight excluding hydrogens is 586 g/mol. The molecule has 2 fully saturated rings. The first-order valence-electron chi connectivity index (χ1n) is 18.0. The Bertz CT molecular complexity index is 1500. The summed E-state index contributed by atoms with van der Waals surface area (Å²) in [6.45, 7) is 4.45. The lowest BCUT2D eigenvalue weighted by atomic mass is 9.53. The zero-order chi connectivity index (χ0) is 33.1. The number of carbonyl (C=O) groups is 1. The molecule has 0 spiro atoms. The van der Waals surface area contributed by atoms with Crippen LogP contribution in [-0.2, 0) is 16.0 Å². The Labute approximate surface area is 280 Å². The van der Waals surface area contributed by atoms with Crippen molar-refractivity contribution in [2.45, 2.75) is 115 Å². The number of unbranched alkanes of at least 4 members (excludes halogenated alkanes) is 1. The summed E-state index contributed by atoms with van der Waals surface area (Å²) in [7, 11) is 1.79. The maximum Gasteiger partial charge on any atom is 0.186 e. The van der Waals surface area contributed by atoms with Gasteiger partial charge in [-0.1, -0.05) is 62.0 Å². The minimum Gasteiger partial charge on any atom is -0.504 e. The van der Waals surface area contributed by atoms with Gasteiger partial charge >= 0.3 is 0 Å². The lowest BCUT2D eigenvalue weighted by molar-refractivity contribution is -0.114. The predicted octanol–water partition coefficient (Wildman–Crippen LogP) is 6.86. The van der Waals surface area contributed by atoms with E-state index in [-0.39, 0.29) is 65.3 Å². The van der Waals surface area contributed by atoms with E-state index >= 15 is 0 Å². The van der Waals surface area contributed by atoms with Gasteiger partial charge in [-0.05, 0) is 93.2 Å². The van der Waals surface area contributed by atoms with Crippen molar-refractivity contribution in [2.75, 3.05) is 7.11 Å². The van der Waals surface area contributed by atoms with Gasteiger partial charge in [-0.25, -0.2) is 4.99 Å². The van der Waals surface area contributed by atoms with Gasteiger partial charge in [0.15, 0.2) is 23.2 Å². The zero-order valence-electron chi connectivity index (χ0n) is 28.4. The average Bonchev–Trinajstić information content (AvgIpc) is 3.56. The van der Waals surface area contributed by atoms with Crippen LogP contribution in [0.1, 0.15) is 107 Å². The molecule has 6 rings (SSSR count). The Hall–Kier alpha value is -3.50. The minimum atomic E-state index is -0.209. The molecule has 0 saturated heterocycles. The van der Waals surface area contributed by atoms with Crippen molar-refractivity contribution in [1.29, 1.82) is 0 Å². The van der Waals surface area contributed by atoms with Crippen LogP contribution in [0, 0.1) is 41.4 Å². The number of nitrogens with two attached hydrogens (primary N) is 2. The van der Waals surface area contributed by atoms with Crippen LogP contribution in [0.4, 0.5) is 0 Å². The van der Waals surface area contributed by atoms with Crippen molar-refractivity contribution in [3.8, 4) is 23.3 Å². The molecule has 1 aromatic rings. The van der Waals surface area contributed by atoms with Gasteiger partial charge in [0, 0.05) is 48.8 Å². The van der Waals surface area contributed by atoms with Gasteiger partial charge in [0.05, 0.1) is 18.2 Å². The van der Waals surface area contributed by atoms with E-state index in [0.29, 0.717) is 30.9 Å². The number of benzene rings is 1. The van der Waals surface area contributed by atoms with Crippen LogP contribution in [-0.4, -0.2) is 42.2 Å². The van der Waals surface area contributed by atoms with Gasteiger partial charge in [0.25, 0.3) is 0 Å². The number of rotatable bonds is 10. The first kappa shape index (κ1) is 33.4. The van der Waals surface area contributed by atoms with Crippen LogP contribution >= 0.6 is 0 Å². The summed E-state index contributed by atoms with van der Waals surface area (Å²) >= 11 is 0. The zero-order valence-corrected chi connectivity index (χ0v) is 28.4. The number of hydrogen-bond acceptors (Lipinski definition) is 5. The number of nitrogens with zero attached hydrogens (tertiary/aromatic N) is 1. The van der Waals surface area contributed by atoms with Gasteiger partial charge in [0.1, 0.15) is 0 Å². The highest BCUT2D eigenvalue weighted by atomic mass is 16.5. The first-order valence-corrected chi connectivity index (χ1v) is 18.0. The van der Waals surface area contributed by atoms with E-state index in [1.165, 1.54) is 5.57 Å². The summed E-state index contributed by atoms with van der Waals surface area (Å²) in [5.74, 6) is 8.87. The number of methoxy groups -OCH3 is 1. The lowest BCUT2D eigenvalue weighted by Crippen LogP contribution is -2.48. The molecule has 7 heteroatoms. The van der Waals surface area contributed by atoms with Crippen LogP contribution in [0.15, 0.2) is 47.0 Å². The molecule has 5 aliphatic carbocycles. The van der Waals surface area contributed by atoms with Crippen LogP contribution in [0.2, 0.25) is 0 Å². The second kappa shape index (κ2) is 14.7. The highest BCUT2D eigenvalue weighted by Gasteiger charge is 2.52. The van der Waals surface area contributed by atoms with E-state index in [2.05, 4.69) is 43.9 Å². The molecule has 4 bridgehead atoms. The predicted molar refractivity (Wildman–Crippen MR) is 187 cm³/mol. The van der Waals surface area contributed by atoms with Gasteiger partial charge in [0.2, 0.25) is 0 Å². The molecule has 0 aliphatic heterocycles. The third-order valence-electron chi connectivity index (χ3n) is 11.4. The number of ketones is 1. The summed E-state index contributed by atoms with van der Waals surface area (Å²) in [4.78, 5) is 17.7. The fourth-order valence-corrected chi connectivity index (χ4v) is 9.14. The fourth-order valence-electron chi connectivity index (χ4n) is 9.14. The molecule has 0 heterocycles. The smallest absolute Gasteiger partial charge is 0.186 e. The molecule has 47 heavy (non-hydrogen) atoms. The molecule has 8 atom stereocenters. The third-order valence-corrected chi connectivity index (χ3v) is 11.4. The van der Waals surface area contributed by atoms with E-state index in [4.69, 9.17) is 25.9 Å². The van der Waals surface area contributed by atoms with Crippen molar-refractivity contribution < 1.29 is 19.4 Å². The third kappa shape index (κ3) is 7.04. The second-order valence-electron chi connectivity index (χ2n) is 14.6. The number of aryl methyl sites for hydroxylation is 1. The van der Waals surface area contributed by atoms with Gasteiger partial charge in [-0.3, -0.25) is 4.79 Å². The first-order chi connectivity index (χ1) is 22.8. The Morgan fingerprint density at radius 3 is 2.72 bits per heavy atom. The van der Waals surface area contributed by atoms with E-state index in [1.54, 1.807) is 13.2 Å². The molecule has 2 saturated carbocycles. The summed E-state index contributed by atoms with van der Waals surface area (Å²) in [5, 5.41) is 12.4. The normalized spacial score (nSPS) is 31.3. The Balaban J connectivity index is 1.57. The molecule has 5 N–H and O–H groups in total. The molecule has 0 amide bonds. The molecule has 7 nitrogen and oxygen atoms in total. The standard InChI is InChI=1S/C40H53N3O4/c1-4-5-6-10-27(44)18-17-26-23-35(47-28-11-7-8-12-28)39(45)38-29(26)13-9-14-33(43-40(41)42)30-19-20-34(46-3)36-32(30)22-25-16-15-24(2)21-31(25)37(36)38/h6,10,19-20,22-24,28,30-34,36-37,45H,4-5,7-8,11-12,14-18,21H2,1-3H3,(H4,41,42,43). The molecular formula is C40H53N3O4.